The van der Waals surface area contributed by atoms with Gasteiger partial charge in [-0.15, -0.1) is 0 Å². The normalized spacial score (nSPS) is 17.5. The molecule has 2 aliphatic heterocycles. The maximum Gasteiger partial charge on any atom is 0.407 e. The summed E-state index contributed by atoms with van der Waals surface area (Å²) >= 11 is 0. The lowest BCUT2D eigenvalue weighted by molar-refractivity contribution is 0.102. The van der Waals surface area contributed by atoms with Gasteiger partial charge in [0.15, 0.2) is 17.1 Å². The number of aryl methyl sites for hydroxylation is 1. The molecule has 4 aromatic heterocycles. The second kappa shape index (κ2) is 10.2. The molecule has 0 saturated carbocycles. The number of pyridine rings is 2. The number of likely N-dealkylation sites (tertiary alicyclic amines) is 1. The van der Waals surface area contributed by atoms with E-state index in [1.165, 1.54) is 11.2 Å². The number of nitrogens with zero attached hydrogens (tertiary/aromatic N) is 6. The molecule has 0 bridgehead atoms. The van der Waals surface area contributed by atoms with E-state index < -0.39 is 12.0 Å². The van der Waals surface area contributed by atoms with Gasteiger partial charge in [-0.3, -0.25) is 9.78 Å². The Kier molecular flexibility index (Phi) is 6.44. The maximum atomic E-state index is 13.2. The van der Waals surface area contributed by atoms with Gasteiger partial charge < -0.3 is 39.1 Å². The molecular formula is C25H26N8O6. The van der Waals surface area contributed by atoms with E-state index in [9.17, 15) is 14.7 Å². The number of oxazole rings is 2. The first-order valence-electron chi connectivity index (χ1n) is 12.5. The molecule has 6 rings (SSSR count). The number of ether oxygens (including phenoxy) is 1. The molecule has 0 aromatic carbocycles. The SMILES string of the molecule is Cc1cc(-c2nc(C(=O)Nc3cc4oc(N5CCOCC5)nc4nc3N[C@H]3CCN(C(=O)O)C3)co2)ccn1. The molecule has 14 heteroatoms. The fourth-order valence-electron chi connectivity index (χ4n) is 4.57. The Labute approximate surface area is 222 Å². The van der Waals surface area contributed by atoms with Crippen molar-refractivity contribution in [1.82, 2.24) is 24.8 Å². The van der Waals surface area contributed by atoms with Gasteiger partial charge in [-0.05, 0) is 25.5 Å². The van der Waals surface area contributed by atoms with Gasteiger partial charge in [-0.25, -0.2) is 14.8 Å². The number of morpholine rings is 1. The first-order valence-corrected chi connectivity index (χ1v) is 12.5. The number of rotatable bonds is 6. The standard InChI is InChI=1S/C25H26N8O6/c1-14-10-15(2-4-26-14)23-29-18(13-38-23)22(34)28-17-11-19-21(31-24(39-19)32-6-8-37-9-7-32)30-20(17)27-16-3-5-33(12-16)25(35)36/h2,4,10-11,13,16H,3,5-9,12H2,1H3,(H,27,30)(H,28,34)(H,35,36)/t16-/m0/s1. The number of fused-ring (bicyclic) bond motifs is 1. The number of aromatic nitrogens is 4. The second-order valence-electron chi connectivity index (χ2n) is 9.34. The fourth-order valence-corrected chi connectivity index (χ4v) is 4.57. The molecule has 4 aromatic rings. The highest BCUT2D eigenvalue weighted by molar-refractivity contribution is 6.05. The predicted molar refractivity (Wildman–Crippen MR) is 139 cm³/mol. The van der Waals surface area contributed by atoms with Crippen LogP contribution in [0.3, 0.4) is 0 Å². The zero-order chi connectivity index (χ0) is 26.9. The van der Waals surface area contributed by atoms with E-state index in [4.69, 9.17) is 13.6 Å². The van der Waals surface area contributed by atoms with Crippen molar-refractivity contribution in [2.24, 2.45) is 0 Å². The molecule has 0 spiro atoms. The van der Waals surface area contributed by atoms with Crippen LogP contribution in [0.4, 0.5) is 22.3 Å². The van der Waals surface area contributed by atoms with Crippen LogP contribution in [-0.4, -0.2) is 87.4 Å². The van der Waals surface area contributed by atoms with Crippen LogP contribution < -0.4 is 15.5 Å². The molecule has 202 valence electrons. The first kappa shape index (κ1) is 24.6. The zero-order valence-corrected chi connectivity index (χ0v) is 21.1. The average molecular weight is 535 g/mol. The van der Waals surface area contributed by atoms with Crippen molar-refractivity contribution in [2.75, 3.05) is 54.9 Å². The summed E-state index contributed by atoms with van der Waals surface area (Å²) < 4.78 is 16.9. The Morgan fingerprint density at radius 1 is 1.13 bits per heavy atom. The third-order valence-corrected chi connectivity index (χ3v) is 6.58. The predicted octanol–water partition coefficient (Wildman–Crippen LogP) is 2.83. The number of amides is 2. The van der Waals surface area contributed by atoms with Crippen molar-refractivity contribution in [3.8, 4) is 11.5 Å². The van der Waals surface area contributed by atoms with Crippen LogP contribution in [0.5, 0.6) is 0 Å². The van der Waals surface area contributed by atoms with Crippen LogP contribution in [0, 0.1) is 6.92 Å². The first-order chi connectivity index (χ1) is 18.9. The van der Waals surface area contributed by atoms with Crippen molar-refractivity contribution in [3.05, 3.63) is 42.0 Å². The van der Waals surface area contributed by atoms with Gasteiger partial charge in [-0.1, -0.05) is 0 Å². The second-order valence-corrected chi connectivity index (χ2v) is 9.34. The lowest BCUT2D eigenvalue weighted by Gasteiger charge is -2.24. The molecule has 0 unspecified atom stereocenters. The van der Waals surface area contributed by atoms with E-state index in [1.54, 1.807) is 18.3 Å². The molecule has 6 heterocycles. The van der Waals surface area contributed by atoms with Crippen molar-refractivity contribution in [1.29, 1.82) is 0 Å². The van der Waals surface area contributed by atoms with E-state index in [-0.39, 0.29) is 18.3 Å². The minimum atomic E-state index is -0.978. The highest BCUT2D eigenvalue weighted by atomic mass is 16.5. The quantitative estimate of drug-likeness (QED) is 0.331. The van der Waals surface area contributed by atoms with E-state index in [2.05, 4.69) is 30.6 Å². The van der Waals surface area contributed by atoms with Crippen molar-refractivity contribution in [3.63, 3.8) is 0 Å². The molecule has 2 fully saturated rings. The van der Waals surface area contributed by atoms with Gasteiger partial charge in [0.2, 0.25) is 11.5 Å². The summed E-state index contributed by atoms with van der Waals surface area (Å²) in [5.41, 5.74) is 2.67. The van der Waals surface area contributed by atoms with Gasteiger partial charge >= 0.3 is 6.09 Å². The summed E-state index contributed by atoms with van der Waals surface area (Å²) in [6.45, 7) is 4.96. The lowest BCUT2D eigenvalue weighted by Crippen LogP contribution is -2.36. The van der Waals surface area contributed by atoms with Crippen LogP contribution in [0.2, 0.25) is 0 Å². The molecule has 0 aliphatic carbocycles. The van der Waals surface area contributed by atoms with Crippen LogP contribution in [0.15, 0.2) is 39.5 Å². The molecule has 3 N–H and O–H groups in total. The van der Waals surface area contributed by atoms with E-state index >= 15 is 0 Å². The van der Waals surface area contributed by atoms with Crippen LogP contribution >= 0.6 is 0 Å². The monoisotopic (exact) mass is 534 g/mol. The van der Waals surface area contributed by atoms with Gasteiger partial charge in [-0.2, -0.15) is 4.98 Å². The number of anilines is 3. The molecule has 14 nitrogen and oxygen atoms in total. The van der Waals surface area contributed by atoms with Crippen LogP contribution in [0.1, 0.15) is 22.6 Å². The lowest BCUT2D eigenvalue weighted by atomic mass is 10.2. The molecule has 2 saturated heterocycles. The number of hydrogen-bond acceptors (Lipinski definition) is 11. The highest BCUT2D eigenvalue weighted by Crippen LogP contribution is 2.30. The zero-order valence-electron chi connectivity index (χ0n) is 21.1. The third-order valence-electron chi connectivity index (χ3n) is 6.58. The van der Waals surface area contributed by atoms with E-state index in [1.807, 2.05) is 17.9 Å². The largest absolute Gasteiger partial charge is 0.465 e. The number of hydrogen-bond donors (Lipinski definition) is 3. The number of carboxylic acid groups (broad SMARTS) is 1. The van der Waals surface area contributed by atoms with Crippen molar-refractivity contribution < 1.29 is 28.3 Å². The van der Waals surface area contributed by atoms with E-state index in [0.29, 0.717) is 79.5 Å². The smallest absolute Gasteiger partial charge is 0.407 e. The minimum absolute atomic E-state index is 0.0787. The molecule has 0 radical (unpaired) electrons. The summed E-state index contributed by atoms with van der Waals surface area (Å²) in [7, 11) is 0. The molecule has 2 amide bonds. The van der Waals surface area contributed by atoms with Gasteiger partial charge in [0.1, 0.15) is 6.26 Å². The Bertz CT molecular complexity index is 1530. The van der Waals surface area contributed by atoms with Gasteiger partial charge in [0, 0.05) is 55.7 Å². The Balaban J connectivity index is 1.29. The highest BCUT2D eigenvalue weighted by Gasteiger charge is 2.28. The summed E-state index contributed by atoms with van der Waals surface area (Å²) in [6.07, 6.45) is 2.54. The van der Waals surface area contributed by atoms with Crippen LogP contribution in [0.25, 0.3) is 22.7 Å². The molecular weight excluding hydrogens is 508 g/mol. The average Bonchev–Trinajstić information content (AvgIpc) is 3.69. The molecule has 1 atom stereocenters. The van der Waals surface area contributed by atoms with Gasteiger partial charge in [0.25, 0.3) is 11.9 Å². The van der Waals surface area contributed by atoms with Crippen molar-refractivity contribution >= 4 is 40.8 Å². The number of nitrogens with one attached hydrogen (secondary N) is 2. The summed E-state index contributed by atoms with van der Waals surface area (Å²) in [6, 6.07) is 5.43. The van der Waals surface area contributed by atoms with E-state index in [0.717, 1.165) is 5.69 Å². The summed E-state index contributed by atoms with van der Waals surface area (Å²) in [4.78, 5) is 45.5. The Morgan fingerprint density at radius 3 is 2.74 bits per heavy atom. The third kappa shape index (κ3) is 5.18. The minimum Gasteiger partial charge on any atom is -0.465 e. The summed E-state index contributed by atoms with van der Waals surface area (Å²) in [5.74, 6) is 0.137. The van der Waals surface area contributed by atoms with Gasteiger partial charge in [0.05, 0.1) is 18.9 Å². The summed E-state index contributed by atoms with van der Waals surface area (Å²) in [5, 5.41) is 15.4. The Hall–Kier alpha value is -4.72. The maximum absolute atomic E-state index is 13.2. The molecule has 2 aliphatic rings. The van der Waals surface area contributed by atoms with Crippen LogP contribution in [-0.2, 0) is 4.74 Å². The number of carbonyl (C=O) groups is 2. The fraction of sp³-hybridized carbons (Fsp3) is 0.360. The topological polar surface area (TPSA) is 172 Å². The number of carbonyl (C=O) groups excluding carboxylic acids is 1. The Morgan fingerprint density at radius 2 is 1.97 bits per heavy atom. The molecule has 39 heavy (non-hydrogen) atoms. The van der Waals surface area contributed by atoms with Crippen molar-refractivity contribution in [2.45, 2.75) is 19.4 Å².